The van der Waals surface area contributed by atoms with Crippen LogP contribution in [0.25, 0.3) is 5.76 Å². The number of hydrogen-bond donors (Lipinski definition) is 1. The number of carbonyl (C=O) groups is 3. The SMILES string of the molecule is COC(=O)c1ccc(N2C(=O)C(=O)/C(=C(/O)c3ccccc3OC)C2c2ccc(OC)cc2)cc1. The van der Waals surface area contributed by atoms with E-state index in [1.807, 2.05) is 0 Å². The van der Waals surface area contributed by atoms with Gasteiger partial charge in [-0.2, -0.15) is 0 Å². The van der Waals surface area contributed by atoms with Gasteiger partial charge in [0.2, 0.25) is 0 Å². The fourth-order valence-electron chi connectivity index (χ4n) is 4.06. The van der Waals surface area contributed by atoms with Crippen LogP contribution in [-0.4, -0.2) is 44.1 Å². The number of anilines is 1. The van der Waals surface area contributed by atoms with Crippen LogP contribution in [0.5, 0.6) is 11.5 Å². The number of aliphatic hydroxyl groups is 1. The second-order valence-corrected chi connectivity index (χ2v) is 7.68. The topological polar surface area (TPSA) is 102 Å². The number of ether oxygens (including phenoxy) is 3. The standard InChI is InChI=1S/C27H23NO7/c1-33-19-14-10-16(11-15-19)23-22(24(29)20-6-4-5-7-21(20)34-2)25(30)26(31)28(23)18-12-8-17(9-13-18)27(32)35-3/h4-15,23,29H,1-3H3/b24-22+. The molecule has 1 unspecified atom stereocenters. The number of methoxy groups -OCH3 is 3. The Balaban J connectivity index is 1.91. The van der Waals surface area contributed by atoms with Crippen molar-refractivity contribution in [3.05, 3.63) is 95.1 Å². The number of amides is 1. The van der Waals surface area contributed by atoms with Gasteiger partial charge in [0.25, 0.3) is 11.7 Å². The van der Waals surface area contributed by atoms with Crippen molar-refractivity contribution in [1.29, 1.82) is 0 Å². The van der Waals surface area contributed by atoms with E-state index in [0.29, 0.717) is 28.3 Å². The Labute approximate surface area is 202 Å². The van der Waals surface area contributed by atoms with Crippen molar-refractivity contribution in [2.45, 2.75) is 6.04 Å². The summed E-state index contributed by atoms with van der Waals surface area (Å²) in [6, 6.07) is 18.7. The zero-order valence-electron chi connectivity index (χ0n) is 19.3. The average molecular weight is 473 g/mol. The fourth-order valence-corrected chi connectivity index (χ4v) is 4.06. The molecule has 1 aliphatic heterocycles. The number of rotatable bonds is 6. The second kappa shape index (κ2) is 9.72. The molecule has 1 heterocycles. The van der Waals surface area contributed by atoms with Crippen molar-refractivity contribution < 1.29 is 33.7 Å². The molecule has 1 amide bonds. The summed E-state index contributed by atoms with van der Waals surface area (Å²) < 4.78 is 15.3. The number of hydrogen-bond acceptors (Lipinski definition) is 7. The molecule has 35 heavy (non-hydrogen) atoms. The molecule has 0 saturated carbocycles. The van der Waals surface area contributed by atoms with Crippen LogP contribution in [0.3, 0.4) is 0 Å². The maximum absolute atomic E-state index is 13.3. The minimum atomic E-state index is -0.935. The van der Waals surface area contributed by atoms with Crippen molar-refractivity contribution in [1.82, 2.24) is 0 Å². The van der Waals surface area contributed by atoms with Gasteiger partial charge in [0, 0.05) is 5.69 Å². The van der Waals surface area contributed by atoms with Crippen LogP contribution in [0.2, 0.25) is 0 Å². The van der Waals surface area contributed by atoms with Crippen LogP contribution >= 0.6 is 0 Å². The molecule has 0 aromatic heterocycles. The fraction of sp³-hybridized carbons (Fsp3) is 0.148. The van der Waals surface area contributed by atoms with E-state index in [4.69, 9.17) is 14.2 Å². The highest BCUT2D eigenvalue weighted by atomic mass is 16.5. The predicted molar refractivity (Wildman–Crippen MR) is 129 cm³/mol. The Morgan fingerprint density at radius 1 is 0.857 bits per heavy atom. The lowest BCUT2D eigenvalue weighted by Crippen LogP contribution is -2.29. The molecule has 3 aromatic carbocycles. The Kier molecular flexibility index (Phi) is 6.55. The summed E-state index contributed by atoms with van der Waals surface area (Å²) in [5.41, 5.74) is 1.45. The van der Waals surface area contributed by atoms with Gasteiger partial charge in [0.15, 0.2) is 0 Å². The van der Waals surface area contributed by atoms with Gasteiger partial charge in [0.1, 0.15) is 17.3 Å². The van der Waals surface area contributed by atoms with Crippen LogP contribution in [0.4, 0.5) is 5.69 Å². The summed E-state index contributed by atoms with van der Waals surface area (Å²) in [5, 5.41) is 11.3. The molecule has 1 fully saturated rings. The van der Waals surface area contributed by atoms with Gasteiger partial charge in [-0.05, 0) is 54.1 Å². The van der Waals surface area contributed by atoms with Crippen LogP contribution < -0.4 is 14.4 Å². The van der Waals surface area contributed by atoms with Gasteiger partial charge in [0.05, 0.1) is 44.1 Å². The van der Waals surface area contributed by atoms with E-state index in [9.17, 15) is 19.5 Å². The number of benzene rings is 3. The van der Waals surface area contributed by atoms with E-state index in [0.717, 1.165) is 0 Å². The number of esters is 1. The molecule has 0 spiro atoms. The molecule has 0 aliphatic carbocycles. The quantitative estimate of drug-likeness (QED) is 0.249. The summed E-state index contributed by atoms with van der Waals surface area (Å²) in [7, 11) is 4.26. The highest BCUT2D eigenvalue weighted by Crippen LogP contribution is 2.43. The number of para-hydroxylation sites is 1. The van der Waals surface area contributed by atoms with Crippen LogP contribution in [0.15, 0.2) is 78.4 Å². The van der Waals surface area contributed by atoms with Crippen LogP contribution in [-0.2, 0) is 14.3 Å². The average Bonchev–Trinajstić information content (AvgIpc) is 3.17. The third kappa shape index (κ3) is 4.21. The Hall–Kier alpha value is -4.59. The molecular weight excluding hydrogens is 450 g/mol. The lowest BCUT2D eigenvalue weighted by Gasteiger charge is -2.26. The summed E-state index contributed by atoms with van der Waals surface area (Å²) in [6.45, 7) is 0. The Morgan fingerprint density at radius 2 is 1.51 bits per heavy atom. The number of Topliss-reactive ketones (excluding diaryl/α,β-unsaturated/α-hetero) is 1. The first-order chi connectivity index (χ1) is 16.9. The third-order valence-electron chi connectivity index (χ3n) is 5.80. The molecule has 1 atom stereocenters. The molecule has 178 valence electrons. The van der Waals surface area contributed by atoms with Gasteiger partial charge in [-0.25, -0.2) is 4.79 Å². The van der Waals surface area contributed by atoms with Crippen molar-refractivity contribution in [3.8, 4) is 11.5 Å². The summed E-state index contributed by atoms with van der Waals surface area (Å²) in [6.07, 6.45) is 0. The predicted octanol–water partition coefficient (Wildman–Crippen LogP) is 4.12. The first kappa shape index (κ1) is 23.6. The lowest BCUT2D eigenvalue weighted by atomic mass is 9.94. The molecule has 1 N–H and O–H groups in total. The molecule has 4 rings (SSSR count). The van der Waals surface area contributed by atoms with Gasteiger partial charge >= 0.3 is 5.97 Å². The van der Waals surface area contributed by atoms with Crippen LogP contribution in [0, 0.1) is 0 Å². The van der Waals surface area contributed by atoms with Gasteiger partial charge in [-0.1, -0.05) is 24.3 Å². The van der Waals surface area contributed by atoms with Gasteiger partial charge in [-0.3, -0.25) is 14.5 Å². The number of carbonyl (C=O) groups excluding carboxylic acids is 3. The van der Waals surface area contributed by atoms with Crippen molar-refractivity contribution >= 4 is 29.1 Å². The van der Waals surface area contributed by atoms with Crippen molar-refractivity contribution in [2.75, 3.05) is 26.2 Å². The zero-order chi connectivity index (χ0) is 25.1. The van der Waals surface area contributed by atoms with E-state index in [1.165, 1.54) is 38.4 Å². The molecule has 8 nitrogen and oxygen atoms in total. The third-order valence-corrected chi connectivity index (χ3v) is 5.80. The highest BCUT2D eigenvalue weighted by Gasteiger charge is 2.47. The Bertz CT molecular complexity index is 1310. The number of ketones is 1. The largest absolute Gasteiger partial charge is 0.507 e. The van der Waals surface area contributed by atoms with Crippen molar-refractivity contribution in [3.63, 3.8) is 0 Å². The maximum Gasteiger partial charge on any atom is 0.337 e. The van der Waals surface area contributed by atoms with E-state index in [-0.39, 0.29) is 16.9 Å². The molecule has 1 aliphatic rings. The van der Waals surface area contributed by atoms with E-state index < -0.39 is 23.7 Å². The smallest absolute Gasteiger partial charge is 0.337 e. The molecule has 3 aromatic rings. The zero-order valence-corrected chi connectivity index (χ0v) is 19.3. The van der Waals surface area contributed by atoms with E-state index in [1.54, 1.807) is 60.7 Å². The van der Waals surface area contributed by atoms with Gasteiger partial charge in [-0.15, -0.1) is 0 Å². The second-order valence-electron chi connectivity index (χ2n) is 7.68. The normalized spacial score (nSPS) is 16.8. The number of nitrogens with zero attached hydrogens (tertiary/aromatic N) is 1. The van der Waals surface area contributed by atoms with Crippen molar-refractivity contribution in [2.24, 2.45) is 0 Å². The van der Waals surface area contributed by atoms with E-state index >= 15 is 0 Å². The summed E-state index contributed by atoms with van der Waals surface area (Å²) in [5.74, 6) is -1.58. The van der Waals surface area contributed by atoms with Gasteiger partial charge < -0.3 is 19.3 Å². The molecule has 0 radical (unpaired) electrons. The molecule has 8 heteroatoms. The molecular formula is C27H23NO7. The number of aliphatic hydroxyl groups excluding tert-OH is 1. The highest BCUT2D eigenvalue weighted by molar-refractivity contribution is 6.51. The van der Waals surface area contributed by atoms with E-state index in [2.05, 4.69) is 0 Å². The lowest BCUT2D eigenvalue weighted by molar-refractivity contribution is -0.132. The molecule has 0 bridgehead atoms. The Morgan fingerprint density at radius 3 is 2.11 bits per heavy atom. The summed E-state index contributed by atoms with van der Waals surface area (Å²) in [4.78, 5) is 39.7. The minimum Gasteiger partial charge on any atom is -0.507 e. The monoisotopic (exact) mass is 473 g/mol. The van der Waals surface area contributed by atoms with Crippen LogP contribution in [0.1, 0.15) is 27.5 Å². The minimum absolute atomic E-state index is 0.0817. The maximum atomic E-state index is 13.3. The summed E-state index contributed by atoms with van der Waals surface area (Å²) >= 11 is 0. The molecule has 1 saturated heterocycles. The first-order valence-corrected chi connectivity index (χ1v) is 10.7. The first-order valence-electron chi connectivity index (χ1n) is 10.7.